The van der Waals surface area contributed by atoms with Gasteiger partial charge in [0.1, 0.15) is 6.10 Å². The molecule has 0 aromatic rings. The molecule has 22 heavy (non-hydrogen) atoms. The number of amides is 2. The molecule has 1 atom stereocenters. The normalized spacial score (nSPS) is 27.9. The molecule has 0 aromatic heterocycles. The summed E-state index contributed by atoms with van der Waals surface area (Å²) in [4.78, 5) is 25.7. The molecule has 2 heterocycles. The highest BCUT2D eigenvalue weighted by atomic mass is 19.3. The van der Waals surface area contributed by atoms with Crippen LogP contribution in [0, 0.1) is 0 Å². The molecule has 2 aliphatic heterocycles. The van der Waals surface area contributed by atoms with Crippen molar-refractivity contribution in [2.24, 2.45) is 0 Å². The van der Waals surface area contributed by atoms with Gasteiger partial charge >= 0.3 is 11.8 Å². The summed E-state index contributed by atoms with van der Waals surface area (Å²) in [6, 6.07) is 0. The smallest absolute Gasteiger partial charge is 0.329 e. The Labute approximate surface area is 125 Å². The largest absolute Gasteiger partial charge is 0.372 e. The van der Waals surface area contributed by atoms with Gasteiger partial charge in [0.2, 0.25) is 5.91 Å². The molecule has 0 N–H and O–H groups in total. The van der Waals surface area contributed by atoms with Crippen molar-refractivity contribution in [1.29, 1.82) is 0 Å². The molecular formula is C13H18F4N2O3. The minimum atomic E-state index is -4.24. The highest BCUT2D eigenvalue weighted by Gasteiger charge is 2.63. The van der Waals surface area contributed by atoms with Gasteiger partial charge in [-0.05, 0) is 19.3 Å². The van der Waals surface area contributed by atoms with E-state index in [1.807, 2.05) is 0 Å². The first-order valence-electron chi connectivity index (χ1n) is 7.03. The standard InChI is InChI=1S/C13H18F4N2O3/c1-22-9-4-2-3-5-18(11(9)21)6-10(20)19-7-12(14,15)13(16,17)8-19/h9H,2-8H2,1H3. The van der Waals surface area contributed by atoms with Crippen LogP contribution in [0.5, 0.6) is 0 Å². The van der Waals surface area contributed by atoms with Gasteiger partial charge in [0, 0.05) is 13.7 Å². The zero-order chi connectivity index (χ0) is 16.5. The first kappa shape index (κ1) is 17.0. The van der Waals surface area contributed by atoms with Crippen LogP contribution < -0.4 is 0 Å². The molecule has 2 saturated heterocycles. The lowest BCUT2D eigenvalue weighted by Crippen LogP contribution is -2.46. The number of hydrogen-bond donors (Lipinski definition) is 0. The number of rotatable bonds is 3. The third kappa shape index (κ3) is 3.18. The minimum absolute atomic E-state index is 0.283. The summed E-state index contributed by atoms with van der Waals surface area (Å²) in [7, 11) is 1.37. The van der Waals surface area contributed by atoms with E-state index in [0.29, 0.717) is 17.7 Å². The molecule has 0 aliphatic carbocycles. The van der Waals surface area contributed by atoms with E-state index in [1.54, 1.807) is 0 Å². The van der Waals surface area contributed by atoms with Crippen LogP contribution in [-0.2, 0) is 14.3 Å². The van der Waals surface area contributed by atoms with E-state index >= 15 is 0 Å². The Morgan fingerprint density at radius 3 is 2.36 bits per heavy atom. The summed E-state index contributed by atoms with van der Waals surface area (Å²) < 4.78 is 57.5. The van der Waals surface area contributed by atoms with E-state index < -0.39 is 49.4 Å². The van der Waals surface area contributed by atoms with Crippen molar-refractivity contribution in [1.82, 2.24) is 9.80 Å². The molecule has 2 aliphatic rings. The van der Waals surface area contributed by atoms with Crippen LogP contribution in [0.4, 0.5) is 17.6 Å². The van der Waals surface area contributed by atoms with Crippen LogP contribution in [0.1, 0.15) is 19.3 Å². The third-order valence-corrected chi connectivity index (χ3v) is 4.01. The molecule has 2 amide bonds. The fraction of sp³-hybridized carbons (Fsp3) is 0.846. The second-order valence-corrected chi connectivity index (χ2v) is 5.64. The van der Waals surface area contributed by atoms with Gasteiger partial charge in [0.25, 0.3) is 5.91 Å². The molecular weight excluding hydrogens is 308 g/mol. The maximum atomic E-state index is 13.1. The van der Waals surface area contributed by atoms with Crippen LogP contribution in [0.2, 0.25) is 0 Å². The molecule has 2 rings (SSSR count). The molecule has 9 heteroatoms. The Morgan fingerprint density at radius 1 is 1.23 bits per heavy atom. The number of hydrogen-bond acceptors (Lipinski definition) is 3. The second kappa shape index (κ2) is 6.02. The Bertz CT molecular complexity index is 443. The Morgan fingerprint density at radius 2 is 1.82 bits per heavy atom. The van der Waals surface area contributed by atoms with Gasteiger partial charge in [0.05, 0.1) is 19.6 Å². The van der Waals surface area contributed by atoms with Gasteiger partial charge in [-0.15, -0.1) is 0 Å². The number of alkyl halides is 4. The zero-order valence-electron chi connectivity index (χ0n) is 12.2. The van der Waals surface area contributed by atoms with E-state index in [4.69, 9.17) is 4.74 Å². The van der Waals surface area contributed by atoms with Crippen molar-refractivity contribution in [3.8, 4) is 0 Å². The van der Waals surface area contributed by atoms with Crippen molar-refractivity contribution in [2.45, 2.75) is 37.2 Å². The maximum absolute atomic E-state index is 13.1. The predicted molar refractivity (Wildman–Crippen MR) is 67.7 cm³/mol. The summed E-state index contributed by atoms with van der Waals surface area (Å²) in [5.74, 6) is -9.78. The van der Waals surface area contributed by atoms with E-state index in [1.165, 1.54) is 12.0 Å². The molecule has 5 nitrogen and oxygen atoms in total. The highest BCUT2D eigenvalue weighted by Crippen LogP contribution is 2.40. The lowest BCUT2D eigenvalue weighted by molar-refractivity contribution is -0.172. The van der Waals surface area contributed by atoms with Crippen molar-refractivity contribution in [3.63, 3.8) is 0 Å². The van der Waals surface area contributed by atoms with Gasteiger partial charge in [-0.3, -0.25) is 9.59 Å². The Kier molecular flexibility index (Phi) is 4.65. The number of ether oxygens (including phenoxy) is 1. The average molecular weight is 326 g/mol. The van der Waals surface area contributed by atoms with Crippen molar-refractivity contribution < 1.29 is 31.9 Å². The number of carbonyl (C=O) groups is 2. The quantitative estimate of drug-likeness (QED) is 0.731. The van der Waals surface area contributed by atoms with Gasteiger partial charge in [0.15, 0.2) is 0 Å². The number of likely N-dealkylation sites (tertiary alicyclic amines) is 2. The summed E-state index contributed by atoms with van der Waals surface area (Å²) in [5, 5.41) is 0. The maximum Gasteiger partial charge on any atom is 0.329 e. The topological polar surface area (TPSA) is 49.9 Å². The number of methoxy groups -OCH3 is 1. The van der Waals surface area contributed by atoms with Crippen LogP contribution in [0.15, 0.2) is 0 Å². The highest BCUT2D eigenvalue weighted by molar-refractivity contribution is 5.87. The predicted octanol–water partition coefficient (Wildman–Crippen LogP) is 1.13. The number of carbonyl (C=O) groups excluding carboxylic acids is 2. The average Bonchev–Trinajstić information content (AvgIpc) is 2.56. The van der Waals surface area contributed by atoms with Gasteiger partial charge in [-0.2, -0.15) is 17.6 Å². The lowest BCUT2D eigenvalue weighted by Gasteiger charge is -2.25. The minimum Gasteiger partial charge on any atom is -0.372 e. The molecule has 0 aromatic carbocycles. The third-order valence-electron chi connectivity index (χ3n) is 4.01. The van der Waals surface area contributed by atoms with E-state index in [2.05, 4.69) is 0 Å². The molecule has 2 fully saturated rings. The molecule has 126 valence electrons. The molecule has 0 bridgehead atoms. The van der Waals surface area contributed by atoms with E-state index in [0.717, 1.165) is 6.42 Å². The first-order chi connectivity index (χ1) is 10.2. The monoisotopic (exact) mass is 326 g/mol. The van der Waals surface area contributed by atoms with Crippen molar-refractivity contribution in [3.05, 3.63) is 0 Å². The van der Waals surface area contributed by atoms with Crippen LogP contribution in [-0.4, -0.2) is 72.9 Å². The summed E-state index contributed by atoms with van der Waals surface area (Å²) in [6.07, 6.45) is 1.21. The van der Waals surface area contributed by atoms with Crippen molar-refractivity contribution >= 4 is 11.8 Å². The summed E-state index contributed by atoms with van der Waals surface area (Å²) >= 11 is 0. The van der Waals surface area contributed by atoms with E-state index in [-0.39, 0.29) is 6.54 Å². The zero-order valence-corrected chi connectivity index (χ0v) is 12.2. The van der Waals surface area contributed by atoms with Crippen molar-refractivity contribution in [2.75, 3.05) is 33.3 Å². The number of nitrogens with zero attached hydrogens (tertiary/aromatic N) is 2. The summed E-state index contributed by atoms with van der Waals surface area (Å²) in [6.45, 7) is -2.85. The Hall–Kier alpha value is -1.38. The van der Waals surface area contributed by atoms with E-state index in [9.17, 15) is 27.2 Å². The SMILES string of the molecule is COC1CCCCN(CC(=O)N2CC(F)(F)C(F)(F)C2)C1=O. The Balaban J connectivity index is 2.01. The van der Waals surface area contributed by atoms with Crippen LogP contribution >= 0.6 is 0 Å². The summed E-state index contributed by atoms with van der Waals surface area (Å²) in [5.41, 5.74) is 0. The van der Waals surface area contributed by atoms with Crippen LogP contribution in [0.3, 0.4) is 0 Å². The molecule has 1 unspecified atom stereocenters. The van der Waals surface area contributed by atoms with Gasteiger partial charge in [-0.25, -0.2) is 0 Å². The van der Waals surface area contributed by atoms with Gasteiger partial charge in [-0.1, -0.05) is 0 Å². The second-order valence-electron chi connectivity index (χ2n) is 5.64. The molecule has 0 radical (unpaired) electrons. The lowest BCUT2D eigenvalue weighted by atomic mass is 10.2. The van der Waals surface area contributed by atoms with Crippen LogP contribution in [0.25, 0.3) is 0 Å². The first-order valence-corrected chi connectivity index (χ1v) is 7.03. The van der Waals surface area contributed by atoms with Gasteiger partial charge < -0.3 is 14.5 Å². The number of halogens is 4. The fourth-order valence-corrected chi connectivity index (χ4v) is 2.65. The fourth-order valence-electron chi connectivity index (χ4n) is 2.65. The molecule has 0 saturated carbocycles. The molecule has 0 spiro atoms.